The van der Waals surface area contributed by atoms with E-state index >= 15 is 0 Å². The van der Waals surface area contributed by atoms with Gasteiger partial charge in [-0.15, -0.1) is 0 Å². The van der Waals surface area contributed by atoms with Gasteiger partial charge < -0.3 is 9.47 Å². The quantitative estimate of drug-likeness (QED) is 0.813. The summed E-state index contributed by atoms with van der Waals surface area (Å²) in [4.78, 5) is 0. The van der Waals surface area contributed by atoms with Crippen LogP contribution in [0.25, 0.3) is 5.69 Å². The lowest BCUT2D eigenvalue weighted by atomic mass is 10.3. The van der Waals surface area contributed by atoms with Crippen LogP contribution in [0.15, 0.2) is 23.4 Å². The molecule has 0 bridgehead atoms. The molecule has 0 aliphatic carbocycles. The second kappa shape index (κ2) is 4.75. The molecule has 0 fully saturated rings. The van der Waals surface area contributed by atoms with Crippen LogP contribution < -0.4 is 9.47 Å². The third kappa shape index (κ3) is 2.09. The number of hydrogen-bond acceptors (Lipinski definition) is 7. The molecule has 0 unspecified atom stereocenters. The summed E-state index contributed by atoms with van der Waals surface area (Å²) in [6.45, 7) is 1.93. The van der Waals surface area contributed by atoms with Gasteiger partial charge in [0.25, 0.3) is 5.16 Å². The topological polar surface area (TPSA) is 96.2 Å². The zero-order chi connectivity index (χ0) is 14.2. The maximum atomic E-state index is 12.1. The fraction of sp³-hybridized carbons (Fsp3) is 0.364. The molecule has 2 heterocycles. The minimum atomic E-state index is -3.51. The lowest BCUT2D eigenvalue weighted by molar-refractivity contribution is 0.174. The molecule has 0 atom stereocenters. The van der Waals surface area contributed by atoms with Gasteiger partial charge in [0.1, 0.15) is 0 Å². The van der Waals surface area contributed by atoms with Crippen LogP contribution in [-0.4, -0.2) is 41.2 Å². The molecular weight excluding hydrogens is 284 g/mol. The molecule has 0 saturated heterocycles. The van der Waals surface area contributed by atoms with Gasteiger partial charge in [0.15, 0.2) is 11.5 Å². The van der Waals surface area contributed by atoms with Crippen molar-refractivity contribution in [1.82, 2.24) is 20.2 Å². The van der Waals surface area contributed by atoms with Crippen LogP contribution >= 0.6 is 0 Å². The van der Waals surface area contributed by atoms with E-state index in [4.69, 9.17) is 9.47 Å². The standard InChI is InChI=1S/C11H12N4O4S/c1-2-5-20(16,17)11-12-13-14-15(11)8-3-4-9-10(6-8)19-7-18-9/h3-4,6H,2,5,7H2,1H3. The van der Waals surface area contributed by atoms with Crippen molar-refractivity contribution in [3.63, 3.8) is 0 Å². The van der Waals surface area contributed by atoms with Gasteiger partial charge in [0, 0.05) is 6.07 Å². The Morgan fingerprint density at radius 3 is 2.90 bits per heavy atom. The van der Waals surface area contributed by atoms with Gasteiger partial charge in [0.2, 0.25) is 16.6 Å². The summed E-state index contributed by atoms with van der Waals surface area (Å²) in [5, 5.41) is 10.6. The van der Waals surface area contributed by atoms with E-state index in [-0.39, 0.29) is 17.7 Å². The van der Waals surface area contributed by atoms with Gasteiger partial charge in [-0.1, -0.05) is 12.0 Å². The highest BCUT2D eigenvalue weighted by Crippen LogP contribution is 2.33. The Morgan fingerprint density at radius 2 is 2.10 bits per heavy atom. The zero-order valence-electron chi connectivity index (χ0n) is 10.7. The smallest absolute Gasteiger partial charge is 0.272 e. The number of nitrogens with zero attached hydrogens (tertiary/aromatic N) is 4. The van der Waals surface area contributed by atoms with E-state index in [0.29, 0.717) is 23.6 Å². The summed E-state index contributed by atoms with van der Waals surface area (Å²) in [5.74, 6) is 1.15. The summed E-state index contributed by atoms with van der Waals surface area (Å²) in [6, 6.07) is 5.01. The number of sulfone groups is 1. The minimum absolute atomic E-state index is 0.00206. The Morgan fingerprint density at radius 1 is 1.30 bits per heavy atom. The Kier molecular flexibility index (Phi) is 3.05. The number of benzene rings is 1. The van der Waals surface area contributed by atoms with Crippen molar-refractivity contribution in [2.24, 2.45) is 0 Å². The van der Waals surface area contributed by atoms with E-state index in [9.17, 15) is 8.42 Å². The van der Waals surface area contributed by atoms with E-state index in [1.54, 1.807) is 25.1 Å². The number of tetrazole rings is 1. The number of ether oxygens (including phenoxy) is 2. The second-order valence-corrected chi connectivity index (χ2v) is 6.23. The highest BCUT2D eigenvalue weighted by atomic mass is 32.2. The summed E-state index contributed by atoms with van der Waals surface area (Å²) < 4.78 is 35.9. The van der Waals surface area contributed by atoms with Crippen LogP contribution in [0.5, 0.6) is 11.5 Å². The predicted molar refractivity (Wildman–Crippen MR) is 67.6 cm³/mol. The Labute approximate surface area is 115 Å². The van der Waals surface area contributed by atoms with Gasteiger partial charge in [0.05, 0.1) is 11.4 Å². The molecule has 0 amide bonds. The van der Waals surface area contributed by atoms with Crippen molar-refractivity contribution in [2.45, 2.75) is 18.5 Å². The fourth-order valence-electron chi connectivity index (χ4n) is 1.91. The van der Waals surface area contributed by atoms with Gasteiger partial charge in [-0.2, -0.15) is 4.68 Å². The van der Waals surface area contributed by atoms with Crippen LogP contribution in [0.4, 0.5) is 0 Å². The largest absolute Gasteiger partial charge is 0.454 e. The summed E-state index contributed by atoms with van der Waals surface area (Å²) in [6.07, 6.45) is 0.496. The van der Waals surface area contributed by atoms with Gasteiger partial charge in [-0.25, -0.2) is 8.42 Å². The first kappa shape index (κ1) is 12.9. The molecule has 2 aromatic rings. The number of hydrogen-bond donors (Lipinski definition) is 0. The van der Waals surface area contributed by atoms with Crippen molar-refractivity contribution in [1.29, 1.82) is 0 Å². The number of rotatable bonds is 4. The van der Waals surface area contributed by atoms with Crippen molar-refractivity contribution < 1.29 is 17.9 Å². The first-order valence-electron chi connectivity index (χ1n) is 6.03. The third-order valence-electron chi connectivity index (χ3n) is 2.79. The molecular formula is C11H12N4O4S. The van der Waals surface area contributed by atoms with Crippen molar-refractivity contribution in [2.75, 3.05) is 12.5 Å². The maximum Gasteiger partial charge on any atom is 0.272 e. The van der Waals surface area contributed by atoms with Crippen molar-refractivity contribution in [3.05, 3.63) is 18.2 Å². The predicted octanol–water partition coefficient (Wildman–Crippen LogP) is 0.575. The highest BCUT2D eigenvalue weighted by molar-refractivity contribution is 7.91. The molecule has 106 valence electrons. The minimum Gasteiger partial charge on any atom is -0.454 e. The fourth-order valence-corrected chi connectivity index (χ4v) is 3.20. The van der Waals surface area contributed by atoms with Crippen LogP contribution in [0.2, 0.25) is 0 Å². The van der Waals surface area contributed by atoms with E-state index in [1.165, 1.54) is 4.68 Å². The molecule has 9 heteroatoms. The molecule has 20 heavy (non-hydrogen) atoms. The summed E-state index contributed by atoms with van der Waals surface area (Å²) >= 11 is 0. The molecule has 3 rings (SSSR count). The second-order valence-electron chi connectivity index (χ2n) is 4.23. The first-order chi connectivity index (χ1) is 9.62. The lowest BCUT2D eigenvalue weighted by Crippen LogP contribution is -2.13. The molecule has 1 aliphatic heterocycles. The molecule has 0 spiro atoms. The van der Waals surface area contributed by atoms with E-state index in [2.05, 4.69) is 15.5 Å². The number of fused-ring (bicyclic) bond motifs is 1. The van der Waals surface area contributed by atoms with Crippen LogP contribution in [0, 0.1) is 0 Å². The molecule has 0 N–H and O–H groups in total. The zero-order valence-corrected chi connectivity index (χ0v) is 11.5. The Bertz CT molecular complexity index is 741. The summed E-state index contributed by atoms with van der Waals surface area (Å²) in [7, 11) is -3.51. The number of aromatic nitrogens is 4. The van der Waals surface area contributed by atoms with Gasteiger partial charge in [-0.3, -0.25) is 0 Å². The van der Waals surface area contributed by atoms with Gasteiger partial charge >= 0.3 is 0 Å². The van der Waals surface area contributed by atoms with E-state index in [0.717, 1.165) is 0 Å². The summed E-state index contributed by atoms with van der Waals surface area (Å²) in [5.41, 5.74) is 0.508. The van der Waals surface area contributed by atoms with Gasteiger partial charge in [-0.05, 0) is 29.0 Å². The maximum absolute atomic E-state index is 12.1. The molecule has 8 nitrogen and oxygen atoms in total. The Hall–Kier alpha value is -2.16. The van der Waals surface area contributed by atoms with E-state index in [1.807, 2.05) is 0 Å². The van der Waals surface area contributed by atoms with Crippen molar-refractivity contribution in [3.8, 4) is 17.2 Å². The molecule has 1 aromatic carbocycles. The average Bonchev–Trinajstić information content (AvgIpc) is 3.07. The van der Waals surface area contributed by atoms with E-state index < -0.39 is 9.84 Å². The monoisotopic (exact) mass is 296 g/mol. The molecule has 1 aliphatic rings. The van der Waals surface area contributed by atoms with Crippen LogP contribution in [-0.2, 0) is 9.84 Å². The Balaban J connectivity index is 2.06. The molecule has 1 aromatic heterocycles. The van der Waals surface area contributed by atoms with Crippen molar-refractivity contribution >= 4 is 9.84 Å². The third-order valence-corrected chi connectivity index (χ3v) is 4.55. The highest BCUT2D eigenvalue weighted by Gasteiger charge is 2.24. The lowest BCUT2D eigenvalue weighted by Gasteiger charge is -2.05. The molecule has 0 saturated carbocycles. The first-order valence-corrected chi connectivity index (χ1v) is 7.68. The average molecular weight is 296 g/mol. The van der Waals surface area contributed by atoms with Crippen LogP contribution in [0.3, 0.4) is 0 Å². The van der Waals surface area contributed by atoms with Crippen LogP contribution in [0.1, 0.15) is 13.3 Å². The molecule has 0 radical (unpaired) electrons. The normalized spacial score (nSPS) is 13.7. The SMILES string of the molecule is CCCS(=O)(=O)c1nnnn1-c1ccc2c(c1)OCO2.